The molecule has 0 aliphatic rings. The lowest BCUT2D eigenvalue weighted by molar-refractivity contribution is 0.0942. The zero-order chi connectivity index (χ0) is 16.1. The van der Waals surface area contributed by atoms with Crippen molar-refractivity contribution in [3.05, 3.63) is 36.2 Å². The van der Waals surface area contributed by atoms with Gasteiger partial charge in [0.05, 0.1) is 12.0 Å². The van der Waals surface area contributed by atoms with E-state index in [-0.39, 0.29) is 5.91 Å². The monoisotopic (exact) mass is 303 g/mol. The van der Waals surface area contributed by atoms with Gasteiger partial charge in [-0.15, -0.1) is 0 Å². The summed E-state index contributed by atoms with van der Waals surface area (Å²) in [6.07, 6.45) is 7.25. The van der Waals surface area contributed by atoms with E-state index >= 15 is 0 Å². The quantitative estimate of drug-likeness (QED) is 0.853. The van der Waals surface area contributed by atoms with E-state index in [2.05, 4.69) is 36.2 Å². The van der Waals surface area contributed by atoms with E-state index in [9.17, 15) is 4.79 Å². The molecule has 6 nitrogen and oxygen atoms in total. The van der Waals surface area contributed by atoms with Crippen molar-refractivity contribution in [2.24, 2.45) is 13.0 Å². The van der Waals surface area contributed by atoms with E-state index in [1.807, 2.05) is 23.9 Å². The van der Waals surface area contributed by atoms with Crippen molar-refractivity contribution in [3.8, 4) is 0 Å². The number of rotatable bonds is 7. The van der Waals surface area contributed by atoms with Crippen LogP contribution in [0.1, 0.15) is 49.4 Å². The predicted molar refractivity (Wildman–Crippen MR) is 85.6 cm³/mol. The number of carbonyl (C=O) groups excluding carboxylic acids is 1. The van der Waals surface area contributed by atoms with Crippen LogP contribution < -0.4 is 5.32 Å². The first-order valence-electron chi connectivity index (χ1n) is 7.76. The molecule has 1 unspecified atom stereocenters. The second-order valence-corrected chi connectivity index (χ2v) is 6.15. The van der Waals surface area contributed by atoms with Crippen LogP contribution in [0.25, 0.3) is 0 Å². The fourth-order valence-corrected chi connectivity index (χ4v) is 2.42. The number of hydrogen-bond acceptors (Lipinski definition) is 3. The van der Waals surface area contributed by atoms with Gasteiger partial charge in [-0.3, -0.25) is 9.48 Å². The van der Waals surface area contributed by atoms with Crippen molar-refractivity contribution in [3.63, 3.8) is 0 Å². The van der Waals surface area contributed by atoms with Crippen LogP contribution in [0.2, 0.25) is 0 Å². The SMILES string of the molecule is CC(C)Cc1cc(C(=O)NCCC(C)n2ccnc2)n(C)n1. The summed E-state index contributed by atoms with van der Waals surface area (Å²) in [5, 5.41) is 7.36. The largest absolute Gasteiger partial charge is 0.351 e. The Kier molecular flexibility index (Phi) is 5.35. The molecule has 0 spiro atoms. The molecule has 0 aliphatic heterocycles. The number of imidazole rings is 1. The van der Waals surface area contributed by atoms with Gasteiger partial charge in [0.15, 0.2) is 0 Å². The maximum Gasteiger partial charge on any atom is 0.269 e. The highest BCUT2D eigenvalue weighted by Gasteiger charge is 2.14. The minimum atomic E-state index is -0.0668. The van der Waals surface area contributed by atoms with Crippen LogP contribution in [0.3, 0.4) is 0 Å². The zero-order valence-corrected chi connectivity index (χ0v) is 13.8. The van der Waals surface area contributed by atoms with Crippen molar-refractivity contribution < 1.29 is 4.79 Å². The van der Waals surface area contributed by atoms with E-state index in [0.29, 0.717) is 24.2 Å². The summed E-state index contributed by atoms with van der Waals surface area (Å²) in [4.78, 5) is 16.3. The Morgan fingerprint density at radius 3 is 2.77 bits per heavy atom. The Bertz CT molecular complexity index is 600. The third kappa shape index (κ3) is 4.19. The topological polar surface area (TPSA) is 64.7 Å². The van der Waals surface area contributed by atoms with E-state index in [1.165, 1.54) is 0 Å². The summed E-state index contributed by atoms with van der Waals surface area (Å²) in [7, 11) is 1.81. The van der Waals surface area contributed by atoms with Gasteiger partial charge in [-0.1, -0.05) is 13.8 Å². The smallest absolute Gasteiger partial charge is 0.269 e. The summed E-state index contributed by atoms with van der Waals surface area (Å²) >= 11 is 0. The summed E-state index contributed by atoms with van der Waals surface area (Å²) in [6, 6.07) is 2.19. The molecular formula is C16H25N5O. The van der Waals surface area contributed by atoms with E-state index in [0.717, 1.165) is 18.5 Å². The third-order valence-corrected chi connectivity index (χ3v) is 3.66. The van der Waals surface area contributed by atoms with Gasteiger partial charge in [-0.25, -0.2) is 4.98 Å². The molecule has 120 valence electrons. The van der Waals surface area contributed by atoms with Gasteiger partial charge in [0.1, 0.15) is 5.69 Å². The van der Waals surface area contributed by atoms with E-state index < -0.39 is 0 Å². The van der Waals surface area contributed by atoms with Crippen LogP contribution in [-0.4, -0.2) is 31.8 Å². The van der Waals surface area contributed by atoms with Crippen LogP contribution in [0, 0.1) is 5.92 Å². The number of aryl methyl sites for hydroxylation is 1. The number of carbonyl (C=O) groups is 1. The van der Waals surface area contributed by atoms with Crippen molar-refractivity contribution in [2.75, 3.05) is 6.54 Å². The third-order valence-electron chi connectivity index (χ3n) is 3.66. The highest BCUT2D eigenvalue weighted by molar-refractivity contribution is 5.92. The number of aromatic nitrogens is 4. The predicted octanol–water partition coefficient (Wildman–Crippen LogP) is 2.20. The molecule has 2 aromatic heterocycles. The maximum absolute atomic E-state index is 12.2. The first kappa shape index (κ1) is 16.3. The molecule has 2 rings (SSSR count). The first-order valence-corrected chi connectivity index (χ1v) is 7.76. The summed E-state index contributed by atoms with van der Waals surface area (Å²) in [6.45, 7) is 7.03. The van der Waals surface area contributed by atoms with E-state index in [4.69, 9.17) is 0 Å². The van der Waals surface area contributed by atoms with Gasteiger partial charge in [-0.2, -0.15) is 5.10 Å². The number of hydrogen-bond donors (Lipinski definition) is 1. The molecule has 2 aromatic rings. The van der Waals surface area contributed by atoms with Crippen LogP contribution >= 0.6 is 0 Å². The zero-order valence-electron chi connectivity index (χ0n) is 13.8. The van der Waals surface area contributed by atoms with Crippen LogP contribution in [0.15, 0.2) is 24.8 Å². The van der Waals surface area contributed by atoms with Crippen LogP contribution in [-0.2, 0) is 13.5 Å². The average molecular weight is 303 g/mol. The lowest BCUT2D eigenvalue weighted by atomic mass is 10.1. The Labute approximate surface area is 131 Å². The van der Waals surface area contributed by atoms with Crippen LogP contribution in [0.4, 0.5) is 0 Å². The highest BCUT2D eigenvalue weighted by atomic mass is 16.2. The van der Waals surface area contributed by atoms with Crippen molar-refractivity contribution >= 4 is 5.91 Å². The van der Waals surface area contributed by atoms with Crippen LogP contribution in [0.5, 0.6) is 0 Å². The molecule has 1 atom stereocenters. The minimum Gasteiger partial charge on any atom is -0.351 e. The van der Waals surface area contributed by atoms with Gasteiger partial charge >= 0.3 is 0 Å². The Balaban J connectivity index is 1.86. The van der Waals surface area contributed by atoms with Gasteiger partial charge in [0.25, 0.3) is 5.91 Å². The Morgan fingerprint density at radius 2 is 2.14 bits per heavy atom. The molecular weight excluding hydrogens is 278 g/mol. The maximum atomic E-state index is 12.2. The molecule has 0 saturated heterocycles. The lowest BCUT2D eigenvalue weighted by Crippen LogP contribution is -2.27. The summed E-state index contributed by atoms with van der Waals surface area (Å²) in [5.74, 6) is 0.463. The number of nitrogens with one attached hydrogen (secondary N) is 1. The number of amides is 1. The van der Waals surface area contributed by atoms with Gasteiger partial charge < -0.3 is 9.88 Å². The minimum absolute atomic E-state index is 0.0668. The van der Waals surface area contributed by atoms with Gasteiger partial charge in [0.2, 0.25) is 0 Å². The molecule has 0 bridgehead atoms. The molecule has 1 N–H and O–H groups in total. The molecule has 22 heavy (non-hydrogen) atoms. The molecule has 6 heteroatoms. The Hall–Kier alpha value is -2.11. The van der Waals surface area contributed by atoms with Gasteiger partial charge in [-0.05, 0) is 31.7 Å². The molecule has 0 aromatic carbocycles. The second-order valence-electron chi connectivity index (χ2n) is 6.15. The Morgan fingerprint density at radius 1 is 1.36 bits per heavy atom. The highest BCUT2D eigenvalue weighted by Crippen LogP contribution is 2.10. The fourth-order valence-electron chi connectivity index (χ4n) is 2.42. The molecule has 0 aliphatic carbocycles. The molecule has 0 saturated carbocycles. The molecule has 2 heterocycles. The number of nitrogens with zero attached hydrogens (tertiary/aromatic N) is 4. The lowest BCUT2D eigenvalue weighted by Gasteiger charge is -2.13. The van der Waals surface area contributed by atoms with Crippen molar-refractivity contribution in [2.45, 2.75) is 39.7 Å². The fraction of sp³-hybridized carbons (Fsp3) is 0.562. The molecule has 0 fully saturated rings. The van der Waals surface area contributed by atoms with Crippen molar-refractivity contribution in [1.82, 2.24) is 24.6 Å². The first-order chi connectivity index (χ1) is 10.5. The molecule has 1 amide bonds. The second kappa shape index (κ2) is 7.24. The standard InChI is InChI=1S/C16H25N5O/c1-12(2)9-14-10-15(20(4)19-14)16(22)18-6-5-13(3)21-8-7-17-11-21/h7-8,10-13H,5-6,9H2,1-4H3,(H,18,22). The average Bonchev–Trinajstić information content (AvgIpc) is 3.07. The summed E-state index contributed by atoms with van der Waals surface area (Å²) < 4.78 is 3.70. The molecule has 0 radical (unpaired) electrons. The van der Waals surface area contributed by atoms with E-state index in [1.54, 1.807) is 17.2 Å². The summed E-state index contributed by atoms with van der Waals surface area (Å²) in [5.41, 5.74) is 1.58. The van der Waals surface area contributed by atoms with Crippen molar-refractivity contribution in [1.29, 1.82) is 0 Å². The normalized spacial score (nSPS) is 12.6. The van der Waals surface area contributed by atoms with Gasteiger partial charge in [0, 0.05) is 32.0 Å².